The summed E-state index contributed by atoms with van der Waals surface area (Å²) in [4.78, 5) is 0. The van der Waals surface area contributed by atoms with Crippen LogP contribution in [0.1, 0.15) is 49.3 Å². The minimum absolute atomic E-state index is 0.431. The predicted molar refractivity (Wildman–Crippen MR) is 121 cm³/mol. The van der Waals surface area contributed by atoms with Crippen LogP contribution in [0.5, 0.6) is 11.5 Å². The fourth-order valence-electron chi connectivity index (χ4n) is 4.09. The molecule has 0 saturated heterocycles. The Balaban J connectivity index is 1.71. The number of hydrogen-bond donors (Lipinski definition) is 0. The van der Waals surface area contributed by atoms with E-state index < -0.39 is 0 Å². The normalized spacial score (nSPS) is 14.6. The van der Waals surface area contributed by atoms with Gasteiger partial charge in [0.1, 0.15) is 11.5 Å². The van der Waals surface area contributed by atoms with Crippen LogP contribution in [0.2, 0.25) is 0 Å². The van der Waals surface area contributed by atoms with Gasteiger partial charge in [-0.05, 0) is 43.0 Å². The third-order valence-electron chi connectivity index (χ3n) is 5.83. The van der Waals surface area contributed by atoms with E-state index in [0.717, 1.165) is 33.8 Å². The van der Waals surface area contributed by atoms with Crippen LogP contribution < -0.4 is 9.47 Å². The van der Waals surface area contributed by atoms with Crippen LogP contribution >= 0.6 is 11.8 Å². The quantitative estimate of drug-likeness (QED) is 0.432. The molecule has 0 N–H and O–H groups in total. The molecule has 2 aromatic carbocycles. The van der Waals surface area contributed by atoms with Crippen LogP contribution in [0.3, 0.4) is 0 Å². The predicted octanol–water partition coefficient (Wildman–Crippen LogP) is 6.07. The molecule has 30 heavy (non-hydrogen) atoms. The maximum Gasteiger partial charge on any atom is 0.192 e. The van der Waals surface area contributed by atoms with Crippen molar-refractivity contribution in [1.29, 1.82) is 0 Å². The molecule has 1 saturated carbocycles. The largest absolute Gasteiger partial charge is 0.497 e. The standard InChI is InChI=1S/C24H29N3O2S/c1-17-9-7-8-10-18(17)16-30-24-26-25-23(27(24)20-11-5-4-6-12-20)19-13-21(28-2)15-22(14-19)29-3/h7-10,13-15,20H,4-6,11-12,16H2,1-3H3. The second-order valence-electron chi connectivity index (χ2n) is 7.78. The topological polar surface area (TPSA) is 49.2 Å². The molecule has 0 atom stereocenters. The van der Waals surface area contributed by atoms with Crippen molar-refractivity contribution in [3.63, 3.8) is 0 Å². The van der Waals surface area contributed by atoms with Crippen molar-refractivity contribution < 1.29 is 9.47 Å². The summed E-state index contributed by atoms with van der Waals surface area (Å²) in [7, 11) is 3.35. The van der Waals surface area contributed by atoms with Crippen molar-refractivity contribution in [2.45, 2.75) is 56.0 Å². The van der Waals surface area contributed by atoms with Gasteiger partial charge in [-0.2, -0.15) is 0 Å². The third-order valence-corrected chi connectivity index (χ3v) is 6.82. The van der Waals surface area contributed by atoms with Gasteiger partial charge >= 0.3 is 0 Å². The molecule has 0 spiro atoms. The molecule has 0 radical (unpaired) electrons. The Bertz CT molecular complexity index is 974. The summed E-state index contributed by atoms with van der Waals surface area (Å²) in [5.41, 5.74) is 3.63. The van der Waals surface area contributed by atoms with E-state index in [1.54, 1.807) is 26.0 Å². The van der Waals surface area contributed by atoms with E-state index in [2.05, 4.69) is 46.0 Å². The summed E-state index contributed by atoms with van der Waals surface area (Å²) in [5, 5.41) is 10.2. The zero-order valence-corrected chi connectivity index (χ0v) is 18.7. The van der Waals surface area contributed by atoms with Gasteiger partial charge in [-0.1, -0.05) is 55.3 Å². The van der Waals surface area contributed by atoms with Crippen molar-refractivity contribution in [3.8, 4) is 22.9 Å². The Morgan fingerprint density at radius 2 is 1.67 bits per heavy atom. The van der Waals surface area contributed by atoms with Gasteiger partial charge in [-0.15, -0.1) is 10.2 Å². The molecule has 1 heterocycles. The first-order valence-electron chi connectivity index (χ1n) is 10.5. The molecular formula is C24H29N3O2S. The Morgan fingerprint density at radius 3 is 2.33 bits per heavy atom. The summed E-state index contributed by atoms with van der Waals surface area (Å²) in [6.07, 6.45) is 6.16. The Labute approximate surface area is 182 Å². The lowest BCUT2D eigenvalue weighted by Gasteiger charge is -2.26. The summed E-state index contributed by atoms with van der Waals surface area (Å²) < 4.78 is 13.3. The molecule has 3 aromatic rings. The zero-order valence-electron chi connectivity index (χ0n) is 17.9. The highest BCUT2D eigenvalue weighted by Crippen LogP contribution is 2.38. The lowest BCUT2D eigenvalue weighted by atomic mass is 9.95. The SMILES string of the molecule is COc1cc(OC)cc(-c2nnc(SCc3ccccc3C)n2C2CCCCC2)c1. The Morgan fingerprint density at radius 1 is 0.967 bits per heavy atom. The van der Waals surface area contributed by atoms with Gasteiger partial charge in [-0.3, -0.25) is 4.57 Å². The molecule has 0 bridgehead atoms. The molecule has 6 heteroatoms. The van der Waals surface area contributed by atoms with Crippen molar-refractivity contribution >= 4 is 11.8 Å². The highest BCUT2D eigenvalue weighted by atomic mass is 32.2. The second-order valence-corrected chi connectivity index (χ2v) is 8.73. The average Bonchev–Trinajstić information content (AvgIpc) is 3.22. The monoisotopic (exact) mass is 423 g/mol. The molecule has 1 aromatic heterocycles. The minimum Gasteiger partial charge on any atom is -0.497 e. The summed E-state index contributed by atoms with van der Waals surface area (Å²) in [5.74, 6) is 3.30. The summed E-state index contributed by atoms with van der Waals surface area (Å²) in [6.45, 7) is 2.16. The van der Waals surface area contributed by atoms with Crippen LogP contribution in [0.15, 0.2) is 47.6 Å². The van der Waals surface area contributed by atoms with Gasteiger partial charge in [0.15, 0.2) is 11.0 Å². The van der Waals surface area contributed by atoms with Crippen molar-refractivity contribution in [3.05, 3.63) is 53.6 Å². The van der Waals surface area contributed by atoms with Crippen LogP contribution in [0.4, 0.5) is 0 Å². The van der Waals surface area contributed by atoms with E-state index in [9.17, 15) is 0 Å². The van der Waals surface area contributed by atoms with Crippen molar-refractivity contribution in [2.75, 3.05) is 14.2 Å². The molecule has 0 amide bonds. The number of rotatable bonds is 7. The van der Waals surface area contributed by atoms with E-state index in [4.69, 9.17) is 9.47 Å². The number of aryl methyl sites for hydroxylation is 1. The highest BCUT2D eigenvalue weighted by Gasteiger charge is 2.24. The second kappa shape index (κ2) is 9.56. The van der Waals surface area contributed by atoms with Crippen molar-refractivity contribution in [1.82, 2.24) is 14.8 Å². The molecule has 158 valence electrons. The number of nitrogens with zero attached hydrogens (tertiary/aromatic N) is 3. The van der Waals surface area contributed by atoms with E-state index >= 15 is 0 Å². The first-order valence-corrected chi connectivity index (χ1v) is 11.5. The van der Waals surface area contributed by atoms with E-state index in [0.29, 0.717) is 6.04 Å². The minimum atomic E-state index is 0.431. The van der Waals surface area contributed by atoms with E-state index in [1.165, 1.54) is 43.2 Å². The Hall–Kier alpha value is -2.47. The number of hydrogen-bond acceptors (Lipinski definition) is 5. The number of benzene rings is 2. The molecule has 0 unspecified atom stereocenters. The van der Waals surface area contributed by atoms with Crippen LogP contribution in [-0.2, 0) is 5.75 Å². The highest BCUT2D eigenvalue weighted by molar-refractivity contribution is 7.98. The third kappa shape index (κ3) is 4.48. The van der Waals surface area contributed by atoms with Gasteiger partial charge in [0, 0.05) is 23.4 Å². The molecular weight excluding hydrogens is 394 g/mol. The number of aromatic nitrogens is 3. The maximum absolute atomic E-state index is 5.49. The molecule has 4 rings (SSSR count). The van der Waals surface area contributed by atoms with Crippen LogP contribution in [0, 0.1) is 6.92 Å². The van der Waals surface area contributed by atoms with Gasteiger partial charge in [0.2, 0.25) is 0 Å². The first kappa shape index (κ1) is 20.8. The lowest BCUT2D eigenvalue weighted by molar-refractivity contribution is 0.339. The number of ether oxygens (including phenoxy) is 2. The number of thioether (sulfide) groups is 1. The lowest BCUT2D eigenvalue weighted by Crippen LogP contribution is -2.15. The molecule has 1 fully saturated rings. The van der Waals surface area contributed by atoms with Crippen LogP contribution in [0.25, 0.3) is 11.4 Å². The summed E-state index contributed by atoms with van der Waals surface area (Å²) >= 11 is 1.77. The van der Waals surface area contributed by atoms with E-state index in [1.807, 2.05) is 18.2 Å². The smallest absolute Gasteiger partial charge is 0.192 e. The average molecular weight is 424 g/mol. The molecule has 0 aliphatic heterocycles. The first-order chi connectivity index (χ1) is 14.7. The maximum atomic E-state index is 5.49. The summed E-state index contributed by atoms with van der Waals surface area (Å²) in [6, 6.07) is 14.9. The van der Waals surface area contributed by atoms with Gasteiger partial charge < -0.3 is 9.47 Å². The fourth-order valence-corrected chi connectivity index (χ4v) is 5.17. The zero-order chi connectivity index (χ0) is 20.9. The number of methoxy groups -OCH3 is 2. The van der Waals surface area contributed by atoms with Crippen molar-refractivity contribution in [2.24, 2.45) is 0 Å². The molecule has 1 aliphatic carbocycles. The molecule has 1 aliphatic rings. The Kier molecular flexibility index (Phi) is 6.62. The van der Waals surface area contributed by atoms with Gasteiger partial charge in [0.25, 0.3) is 0 Å². The fraction of sp³-hybridized carbons (Fsp3) is 0.417. The van der Waals surface area contributed by atoms with Crippen LogP contribution in [-0.4, -0.2) is 29.0 Å². The van der Waals surface area contributed by atoms with Gasteiger partial charge in [0.05, 0.1) is 14.2 Å². The van der Waals surface area contributed by atoms with Gasteiger partial charge in [-0.25, -0.2) is 0 Å². The molecule has 5 nitrogen and oxygen atoms in total. The van der Waals surface area contributed by atoms with E-state index in [-0.39, 0.29) is 0 Å².